The molecule has 0 radical (unpaired) electrons. The molecular weight excluding hydrogens is 242 g/mol. The molecule has 1 heterocycles. The van der Waals surface area contributed by atoms with Crippen molar-refractivity contribution >= 4 is 5.91 Å². The molecule has 1 fully saturated rings. The van der Waals surface area contributed by atoms with E-state index in [1.165, 1.54) is 19.1 Å². The molecule has 104 valence electrons. The third kappa shape index (κ3) is 4.24. The second-order valence-electron chi connectivity index (χ2n) is 5.34. The summed E-state index contributed by atoms with van der Waals surface area (Å²) in [6.45, 7) is 3.88. The lowest BCUT2D eigenvalue weighted by Crippen LogP contribution is -2.32. The van der Waals surface area contributed by atoms with E-state index >= 15 is 0 Å². The first-order valence-corrected chi connectivity index (χ1v) is 6.76. The van der Waals surface area contributed by atoms with Gasteiger partial charge in [0.25, 0.3) is 0 Å². The Kier molecular flexibility index (Phi) is 4.43. The van der Waals surface area contributed by atoms with Crippen molar-refractivity contribution in [2.45, 2.75) is 45.3 Å². The van der Waals surface area contributed by atoms with Crippen molar-refractivity contribution in [1.29, 1.82) is 0 Å². The molecule has 1 amide bonds. The van der Waals surface area contributed by atoms with Crippen LogP contribution in [0.5, 0.6) is 0 Å². The standard InChI is InChI=1S/C15H21NO3/c1-10(12-5-6-12)8-15(18)16-11(2)9-13(17)14-4-3-7-19-14/h3-4,7-8,11-13,17H,5-6,9H2,1-2H3,(H,16,18). The van der Waals surface area contributed by atoms with E-state index in [0.717, 1.165) is 5.57 Å². The normalized spacial score (nSPS) is 19.0. The van der Waals surface area contributed by atoms with Gasteiger partial charge in [0.2, 0.25) is 5.91 Å². The summed E-state index contributed by atoms with van der Waals surface area (Å²) in [6.07, 6.45) is 5.36. The van der Waals surface area contributed by atoms with Crippen LogP contribution in [0.25, 0.3) is 0 Å². The van der Waals surface area contributed by atoms with Gasteiger partial charge in [-0.05, 0) is 44.7 Å². The topological polar surface area (TPSA) is 62.5 Å². The van der Waals surface area contributed by atoms with Crippen LogP contribution in [0.4, 0.5) is 0 Å². The van der Waals surface area contributed by atoms with Gasteiger partial charge in [-0.1, -0.05) is 5.57 Å². The summed E-state index contributed by atoms with van der Waals surface area (Å²) in [7, 11) is 0. The summed E-state index contributed by atoms with van der Waals surface area (Å²) in [5.74, 6) is 1.06. The lowest BCUT2D eigenvalue weighted by molar-refractivity contribution is -0.117. The van der Waals surface area contributed by atoms with E-state index in [2.05, 4.69) is 5.32 Å². The van der Waals surface area contributed by atoms with Crippen molar-refractivity contribution in [2.75, 3.05) is 0 Å². The Morgan fingerprint density at radius 1 is 1.63 bits per heavy atom. The van der Waals surface area contributed by atoms with Crippen LogP contribution in [0.15, 0.2) is 34.5 Å². The summed E-state index contributed by atoms with van der Waals surface area (Å²) in [6, 6.07) is 3.37. The maximum Gasteiger partial charge on any atom is 0.244 e. The largest absolute Gasteiger partial charge is 0.467 e. The van der Waals surface area contributed by atoms with E-state index < -0.39 is 6.10 Å². The number of rotatable bonds is 6. The SMILES string of the molecule is CC(=CC(=O)NC(C)CC(O)c1ccco1)C1CC1. The first-order valence-electron chi connectivity index (χ1n) is 6.76. The van der Waals surface area contributed by atoms with E-state index in [4.69, 9.17) is 4.42 Å². The molecule has 19 heavy (non-hydrogen) atoms. The van der Waals surface area contributed by atoms with Crippen LogP contribution in [-0.4, -0.2) is 17.1 Å². The summed E-state index contributed by atoms with van der Waals surface area (Å²) >= 11 is 0. The van der Waals surface area contributed by atoms with Gasteiger partial charge >= 0.3 is 0 Å². The highest BCUT2D eigenvalue weighted by Gasteiger charge is 2.23. The number of allylic oxidation sites excluding steroid dienone is 1. The number of hydrogen-bond donors (Lipinski definition) is 2. The molecule has 0 aliphatic heterocycles. The minimum atomic E-state index is -0.682. The van der Waals surface area contributed by atoms with Gasteiger partial charge in [0, 0.05) is 18.5 Å². The highest BCUT2D eigenvalue weighted by molar-refractivity contribution is 5.88. The molecule has 1 aromatic heterocycles. The number of nitrogens with one attached hydrogen (secondary N) is 1. The number of furan rings is 1. The molecule has 1 aromatic rings. The summed E-state index contributed by atoms with van der Waals surface area (Å²) in [5.41, 5.74) is 1.15. The first kappa shape index (κ1) is 13.9. The zero-order chi connectivity index (χ0) is 13.8. The Morgan fingerprint density at radius 2 is 2.37 bits per heavy atom. The molecule has 2 unspecified atom stereocenters. The molecular formula is C15H21NO3. The number of carbonyl (C=O) groups excluding carboxylic acids is 1. The Bertz CT molecular complexity index is 446. The van der Waals surface area contributed by atoms with Crippen molar-refractivity contribution in [3.8, 4) is 0 Å². The minimum absolute atomic E-state index is 0.0801. The fraction of sp³-hybridized carbons (Fsp3) is 0.533. The highest BCUT2D eigenvalue weighted by Crippen LogP contribution is 2.35. The maximum atomic E-state index is 11.8. The quantitative estimate of drug-likeness (QED) is 0.775. The Hall–Kier alpha value is -1.55. The Morgan fingerprint density at radius 3 is 2.95 bits per heavy atom. The summed E-state index contributed by atoms with van der Waals surface area (Å²) in [4.78, 5) is 11.8. The second kappa shape index (κ2) is 6.06. The number of aliphatic hydroxyl groups excluding tert-OH is 1. The van der Waals surface area contributed by atoms with Crippen LogP contribution in [0, 0.1) is 5.92 Å². The molecule has 4 heteroatoms. The van der Waals surface area contributed by atoms with Crippen molar-refractivity contribution < 1.29 is 14.3 Å². The predicted molar refractivity (Wildman–Crippen MR) is 72.4 cm³/mol. The van der Waals surface area contributed by atoms with E-state index in [1.807, 2.05) is 13.8 Å². The molecule has 0 bridgehead atoms. The van der Waals surface area contributed by atoms with Crippen LogP contribution in [0.3, 0.4) is 0 Å². The average molecular weight is 263 g/mol. The van der Waals surface area contributed by atoms with Crippen LogP contribution in [0.2, 0.25) is 0 Å². The van der Waals surface area contributed by atoms with Gasteiger partial charge in [0.1, 0.15) is 11.9 Å². The van der Waals surface area contributed by atoms with E-state index in [1.54, 1.807) is 18.2 Å². The van der Waals surface area contributed by atoms with Gasteiger partial charge in [0.15, 0.2) is 0 Å². The van der Waals surface area contributed by atoms with Crippen molar-refractivity contribution in [1.82, 2.24) is 5.32 Å². The number of hydrogen-bond acceptors (Lipinski definition) is 3. The van der Waals surface area contributed by atoms with E-state index in [-0.39, 0.29) is 11.9 Å². The number of aliphatic hydroxyl groups is 1. The first-order chi connectivity index (χ1) is 9.06. The van der Waals surface area contributed by atoms with Gasteiger partial charge in [-0.2, -0.15) is 0 Å². The minimum Gasteiger partial charge on any atom is -0.467 e. The molecule has 1 saturated carbocycles. The monoisotopic (exact) mass is 263 g/mol. The smallest absolute Gasteiger partial charge is 0.244 e. The second-order valence-corrected chi connectivity index (χ2v) is 5.34. The van der Waals surface area contributed by atoms with Crippen LogP contribution in [0.1, 0.15) is 45.0 Å². The van der Waals surface area contributed by atoms with Gasteiger partial charge in [-0.15, -0.1) is 0 Å². The molecule has 2 N–H and O–H groups in total. The zero-order valence-corrected chi connectivity index (χ0v) is 11.4. The summed E-state index contributed by atoms with van der Waals surface area (Å²) in [5, 5.41) is 12.8. The van der Waals surface area contributed by atoms with Gasteiger partial charge < -0.3 is 14.8 Å². The van der Waals surface area contributed by atoms with Crippen LogP contribution in [-0.2, 0) is 4.79 Å². The van der Waals surface area contributed by atoms with Crippen molar-refractivity contribution in [3.63, 3.8) is 0 Å². The molecule has 2 rings (SSSR count). The predicted octanol–water partition coefficient (Wildman–Crippen LogP) is 2.56. The van der Waals surface area contributed by atoms with Crippen LogP contribution < -0.4 is 5.32 Å². The van der Waals surface area contributed by atoms with Gasteiger partial charge in [-0.25, -0.2) is 0 Å². The Balaban J connectivity index is 1.78. The Labute approximate surface area is 113 Å². The van der Waals surface area contributed by atoms with E-state index in [0.29, 0.717) is 18.1 Å². The van der Waals surface area contributed by atoms with Crippen molar-refractivity contribution in [3.05, 3.63) is 35.8 Å². The van der Waals surface area contributed by atoms with Gasteiger partial charge in [-0.3, -0.25) is 4.79 Å². The number of carbonyl (C=O) groups is 1. The molecule has 1 aliphatic carbocycles. The molecule has 0 spiro atoms. The fourth-order valence-electron chi connectivity index (χ4n) is 2.14. The fourth-order valence-corrected chi connectivity index (χ4v) is 2.14. The lowest BCUT2D eigenvalue weighted by atomic mass is 10.1. The number of amides is 1. The molecule has 0 aromatic carbocycles. The maximum absolute atomic E-state index is 11.8. The van der Waals surface area contributed by atoms with Gasteiger partial charge in [0.05, 0.1) is 6.26 Å². The lowest BCUT2D eigenvalue weighted by Gasteiger charge is -2.16. The molecule has 4 nitrogen and oxygen atoms in total. The van der Waals surface area contributed by atoms with E-state index in [9.17, 15) is 9.90 Å². The molecule has 2 atom stereocenters. The molecule has 0 saturated heterocycles. The highest BCUT2D eigenvalue weighted by atomic mass is 16.4. The average Bonchev–Trinajstić information content (AvgIpc) is 3.04. The third-order valence-corrected chi connectivity index (χ3v) is 3.42. The van der Waals surface area contributed by atoms with Crippen molar-refractivity contribution in [2.24, 2.45) is 5.92 Å². The third-order valence-electron chi connectivity index (χ3n) is 3.42. The summed E-state index contributed by atoms with van der Waals surface area (Å²) < 4.78 is 5.13. The zero-order valence-electron chi connectivity index (χ0n) is 11.4. The molecule has 1 aliphatic rings. The van der Waals surface area contributed by atoms with Crippen LogP contribution >= 0.6 is 0 Å².